The predicted molar refractivity (Wildman–Crippen MR) is 62.7 cm³/mol. The zero-order valence-electron chi connectivity index (χ0n) is 10.2. The number of aryl methyl sites for hydroxylation is 3. The highest BCUT2D eigenvalue weighted by Crippen LogP contribution is 2.26. The van der Waals surface area contributed by atoms with Gasteiger partial charge < -0.3 is 9.84 Å². The Kier molecular flexibility index (Phi) is 4.07. The molecule has 16 heavy (non-hydrogen) atoms. The highest BCUT2D eigenvalue weighted by atomic mass is 16.5. The van der Waals surface area contributed by atoms with Crippen LogP contribution in [0.3, 0.4) is 0 Å². The Morgan fingerprint density at radius 2 is 1.81 bits per heavy atom. The highest BCUT2D eigenvalue weighted by Gasteiger charge is 2.23. The molecule has 1 atom stereocenters. The van der Waals surface area contributed by atoms with E-state index in [1.165, 1.54) is 0 Å². The summed E-state index contributed by atoms with van der Waals surface area (Å²) in [7, 11) is 0. The van der Waals surface area contributed by atoms with E-state index in [1.54, 1.807) is 6.92 Å². The third-order valence-corrected chi connectivity index (χ3v) is 2.56. The monoisotopic (exact) mass is 222 g/mol. The minimum Gasteiger partial charge on any atom is -0.479 e. The van der Waals surface area contributed by atoms with E-state index >= 15 is 0 Å². The second-order valence-electron chi connectivity index (χ2n) is 3.99. The summed E-state index contributed by atoms with van der Waals surface area (Å²) in [6.45, 7) is 8.04. The van der Waals surface area contributed by atoms with Crippen LogP contribution >= 0.6 is 0 Å². The molecular formula is C13H18O3. The molecule has 88 valence electrons. The average molecular weight is 222 g/mol. The van der Waals surface area contributed by atoms with Gasteiger partial charge in [-0.3, -0.25) is 0 Å². The van der Waals surface area contributed by atoms with Crippen molar-refractivity contribution in [1.82, 2.24) is 0 Å². The Morgan fingerprint density at radius 3 is 2.19 bits per heavy atom. The lowest BCUT2D eigenvalue weighted by Crippen LogP contribution is -2.17. The Morgan fingerprint density at radius 1 is 1.31 bits per heavy atom. The predicted octanol–water partition coefficient (Wildman–Crippen LogP) is 2.77. The van der Waals surface area contributed by atoms with Crippen molar-refractivity contribution in [3.8, 4) is 0 Å². The van der Waals surface area contributed by atoms with Gasteiger partial charge in [-0.25, -0.2) is 4.79 Å². The molecule has 0 spiro atoms. The standard InChI is InChI=1S/C13H18O3/c1-5-16-12(13(14)15)11-9(3)6-8(2)7-10(11)4/h6-7,12H,5H2,1-4H3,(H,14,15). The summed E-state index contributed by atoms with van der Waals surface area (Å²) in [6.07, 6.45) is -0.856. The molecule has 0 heterocycles. The van der Waals surface area contributed by atoms with Crippen molar-refractivity contribution in [2.75, 3.05) is 6.61 Å². The molecule has 0 aliphatic rings. The molecule has 0 radical (unpaired) electrons. The Labute approximate surface area is 96.1 Å². The summed E-state index contributed by atoms with van der Waals surface area (Å²) in [6, 6.07) is 3.97. The van der Waals surface area contributed by atoms with Crippen LogP contribution in [0, 0.1) is 20.8 Å². The molecule has 1 rings (SSSR count). The number of benzene rings is 1. The summed E-state index contributed by atoms with van der Waals surface area (Å²) in [5.41, 5.74) is 3.86. The van der Waals surface area contributed by atoms with Crippen LogP contribution < -0.4 is 0 Å². The highest BCUT2D eigenvalue weighted by molar-refractivity contribution is 5.75. The van der Waals surface area contributed by atoms with Crippen molar-refractivity contribution in [3.63, 3.8) is 0 Å². The van der Waals surface area contributed by atoms with E-state index in [2.05, 4.69) is 0 Å². The van der Waals surface area contributed by atoms with Crippen LogP contribution in [-0.4, -0.2) is 17.7 Å². The van der Waals surface area contributed by atoms with Crippen LogP contribution in [0.1, 0.15) is 35.3 Å². The third-order valence-electron chi connectivity index (χ3n) is 2.56. The maximum absolute atomic E-state index is 11.2. The van der Waals surface area contributed by atoms with E-state index in [0.29, 0.717) is 6.61 Å². The van der Waals surface area contributed by atoms with Crippen molar-refractivity contribution < 1.29 is 14.6 Å². The summed E-state index contributed by atoms with van der Waals surface area (Å²) in [5, 5.41) is 9.15. The van der Waals surface area contributed by atoms with E-state index in [0.717, 1.165) is 22.3 Å². The van der Waals surface area contributed by atoms with Crippen molar-refractivity contribution in [1.29, 1.82) is 0 Å². The number of hydrogen-bond donors (Lipinski definition) is 1. The van der Waals surface area contributed by atoms with Crippen molar-refractivity contribution >= 4 is 5.97 Å². The molecule has 0 aliphatic heterocycles. The van der Waals surface area contributed by atoms with Gasteiger partial charge in [-0.05, 0) is 44.4 Å². The quantitative estimate of drug-likeness (QED) is 0.852. The lowest BCUT2D eigenvalue weighted by Gasteiger charge is -2.18. The van der Waals surface area contributed by atoms with Crippen LogP contribution in [-0.2, 0) is 9.53 Å². The Bertz CT molecular complexity index is 373. The number of carbonyl (C=O) groups is 1. The van der Waals surface area contributed by atoms with Crippen LogP contribution in [0.4, 0.5) is 0 Å². The van der Waals surface area contributed by atoms with Gasteiger partial charge in [0, 0.05) is 6.61 Å². The summed E-state index contributed by atoms with van der Waals surface area (Å²) in [4.78, 5) is 11.2. The van der Waals surface area contributed by atoms with Crippen molar-refractivity contribution in [3.05, 3.63) is 34.4 Å². The molecule has 0 saturated heterocycles. The summed E-state index contributed by atoms with van der Waals surface area (Å²) >= 11 is 0. The lowest BCUT2D eigenvalue weighted by atomic mass is 9.95. The fraction of sp³-hybridized carbons (Fsp3) is 0.462. The molecule has 1 unspecified atom stereocenters. The molecule has 0 saturated carbocycles. The van der Waals surface area contributed by atoms with Crippen molar-refractivity contribution in [2.24, 2.45) is 0 Å². The van der Waals surface area contributed by atoms with Gasteiger partial charge in [-0.15, -0.1) is 0 Å². The topological polar surface area (TPSA) is 46.5 Å². The normalized spacial score (nSPS) is 12.5. The summed E-state index contributed by atoms with van der Waals surface area (Å²) < 4.78 is 5.29. The van der Waals surface area contributed by atoms with E-state index in [-0.39, 0.29) is 0 Å². The van der Waals surface area contributed by atoms with Gasteiger partial charge in [0.05, 0.1) is 0 Å². The second-order valence-corrected chi connectivity index (χ2v) is 3.99. The van der Waals surface area contributed by atoms with E-state index in [9.17, 15) is 4.79 Å². The van der Waals surface area contributed by atoms with Gasteiger partial charge in [0.2, 0.25) is 0 Å². The number of hydrogen-bond acceptors (Lipinski definition) is 2. The molecule has 1 aromatic carbocycles. The smallest absolute Gasteiger partial charge is 0.337 e. The maximum atomic E-state index is 11.2. The van der Waals surface area contributed by atoms with Gasteiger partial charge >= 0.3 is 5.97 Å². The van der Waals surface area contributed by atoms with Gasteiger partial charge in [0.1, 0.15) is 0 Å². The number of carboxylic acids is 1. The zero-order chi connectivity index (χ0) is 12.3. The number of rotatable bonds is 4. The number of ether oxygens (including phenoxy) is 1. The van der Waals surface area contributed by atoms with E-state index in [4.69, 9.17) is 9.84 Å². The second kappa shape index (κ2) is 5.12. The lowest BCUT2D eigenvalue weighted by molar-refractivity contribution is -0.150. The Hall–Kier alpha value is -1.35. The van der Waals surface area contributed by atoms with Crippen molar-refractivity contribution in [2.45, 2.75) is 33.8 Å². The molecule has 0 fully saturated rings. The van der Waals surface area contributed by atoms with Crippen LogP contribution in [0.15, 0.2) is 12.1 Å². The van der Waals surface area contributed by atoms with Gasteiger partial charge in [-0.2, -0.15) is 0 Å². The fourth-order valence-corrected chi connectivity index (χ4v) is 2.05. The molecule has 3 nitrogen and oxygen atoms in total. The summed E-state index contributed by atoms with van der Waals surface area (Å²) in [5.74, 6) is -0.933. The van der Waals surface area contributed by atoms with Gasteiger partial charge in [-0.1, -0.05) is 17.7 Å². The Balaban J connectivity index is 3.23. The number of carboxylic acid groups (broad SMARTS) is 1. The van der Waals surface area contributed by atoms with E-state index in [1.807, 2.05) is 32.9 Å². The zero-order valence-corrected chi connectivity index (χ0v) is 10.2. The molecule has 1 aromatic rings. The van der Waals surface area contributed by atoms with Gasteiger partial charge in [0.15, 0.2) is 6.10 Å². The maximum Gasteiger partial charge on any atom is 0.337 e. The molecule has 0 bridgehead atoms. The van der Waals surface area contributed by atoms with Crippen LogP contribution in [0.25, 0.3) is 0 Å². The minimum atomic E-state index is -0.933. The molecule has 3 heteroatoms. The van der Waals surface area contributed by atoms with E-state index < -0.39 is 12.1 Å². The molecule has 0 aliphatic carbocycles. The number of aliphatic carboxylic acids is 1. The first-order valence-electron chi connectivity index (χ1n) is 5.39. The first-order valence-corrected chi connectivity index (χ1v) is 5.39. The van der Waals surface area contributed by atoms with Crippen LogP contribution in [0.5, 0.6) is 0 Å². The molecule has 0 aromatic heterocycles. The minimum absolute atomic E-state index is 0.393. The van der Waals surface area contributed by atoms with Gasteiger partial charge in [0.25, 0.3) is 0 Å². The van der Waals surface area contributed by atoms with Crippen LogP contribution in [0.2, 0.25) is 0 Å². The fourth-order valence-electron chi connectivity index (χ4n) is 2.05. The average Bonchev–Trinajstić information content (AvgIpc) is 2.14. The first-order chi connectivity index (χ1) is 7.47. The third kappa shape index (κ3) is 2.61. The molecule has 0 amide bonds. The molecular weight excluding hydrogens is 204 g/mol. The largest absolute Gasteiger partial charge is 0.479 e. The first kappa shape index (κ1) is 12.7. The molecule has 1 N–H and O–H groups in total. The SMILES string of the molecule is CCOC(C(=O)O)c1c(C)cc(C)cc1C.